The first kappa shape index (κ1) is 24.2. The first-order valence-corrected chi connectivity index (χ1v) is 11.9. The molecule has 4 aromatic heterocycles. The number of rotatable bonds is 7. The van der Waals surface area contributed by atoms with Crippen LogP contribution in [0.2, 0.25) is 0 Å². The minimum absolute atomic E-state index is 0.108. The number of hydrogen-bond donors (Lipinski definition) is 1. The van der Waals surface area contributed by atoms with Gasteiger partial charge in [-0.3, -0.25) is 5.32 Å². The predicted octanol–water partition coefficient (Wildman–Crippen LogP) is 4.56. The highest BCUT2D eigenvalue weighted by molar-refractivity contribution is 7.21. The molecule has 37 heavy (non-hydrogen) atoms. The summed E-state index contributed by atoms with van der Waals surface area (Å²) in [6.07, 6.45) is 2.96. The fraction of sp³-hybridized carbons (Fsp3) is 0.208. The van der Waals surface area contributed by atoms with Gasteiger partial charge in [0, 0.05) is 11.6 Å². The Labute approximate surface area is 213 Å². The van der Waals surface area contributed by atoms with E-state index in [1.807, 2.05) is 19.1 Å². The minimum atomic E-state index is -0.703. The number of anilines is 1. The highest BCUT2D eigenvalue weighted by Gasteiger charge is 2.18. The molecule has 11 nitrogen and oxygen atoms in total. The number of carbonyl (C=O) groups is 1. The van der Waals surface area contributed by atoms with Crippen molar-refractivity contribution in [1.82, 2.24) is 30.1 Å². The van der Waals surface area contributed by atoms with Crippen LogP contribution in [0.15, 0.2) is 42.9 Å². The van der Waals surface area contributed by atoms with E-state index in [2.05, 4.69) is 35.5 Å². The highest BCUT2D eigenvalue weighted by atomic mass is 32.1. The van der Waals surface area contributed by atoms with E-state index in [0.717, 1.165) is 11.1 Å². The quantitative estimate of drug-likeness (QED) is 0.325. The molecule has 1 aromatic carbocycles. The van der Waals surface area contributed by atoms with Crippen molar-refractivity contribution >= 4 is 44.5 Å². The predicted molar refractivity (Wildman–Crippen MR) is 134 cm³/mol. The van der Waals surface area contributed by atoms with Crippen LogP contribution in [0.25, 0.3) is 32.0 Å². The lowest BCUT2D eigenvalue weighted by molar-refractivity contribution is 0.0827. The summed E-state index contributed by atoms with van der Waals surface area (Å²) in [5.41, 5.74) is 3.85. The fourth-order valence-electron chi connectivity index (χ4n) is 3.48. The van der Waals surface area contributed by atoms with E-state index in [1.165, 1.54) is 43.1 Å². The fourth-order valence-corrected chi connectivity index (χ4v) is 4.41. The van der Waals surface area contributed by atoms with Crippen molar-refractivity contribution < 1.29 is 23.4 Å². The van der Waals surface area contributed by atoms with E-state index < -0.39 is 18.0 Å². The second-order valence-corrected chi connectivity index (χ2v) is 8.97. The average molecular weight is 522 g/mol. The number of carbonyl (C=O) groups excluding carboxylic acids is 1. The number of halogens is 1. The molecular formula is C24H20FN7O4S. The molecule has 0 spiro atoms. The monoisotopic (exact) mass is 521 g/mol. The molecule has 1 N–H and O–H groups in total. The molecule has 188 valence electrons. The van der Waals surface area contributed by atoms with Crippen LogP contribution in [-0.2, 0) is 4.74 Å². The minimum Gasteiger partial charge on any atom is -0.480 e. The van der Waals surface area contributed by atoms with Crippen LogP contribution in [0.3, 0.4) is 0 Å². The molecule has 5 aromatic rings. The SMILES string of the molecule is COc1cnc2c(-c3nc4cc(F)c(OC[C@@H](C)OC(=O)Nc5ccnnc5)nc4s3)cc(C)cc2n1. The first-order chi connectivity index (χ1) is 17.9. The number of benzene rings is 1. The van der Waals surface area contributed by atoms with Crippen LogP contribution >= 0.6 is 11.3 Å². The number of methoxy groups -OCH3 is 1. The molecule has 0 aliphatic heterocycles. The summed E-state index contributed by atoms with van der Waals surface area (Å²) >= 11 is 1.28. The lowest BCUT2D eigenvalue weighted by Crippen LogP contribution is -2.25. The van der Waals surface area contributed by atoms with Gasteiger partial charge in [-0.2, -0.15) is 15.2 Å². The number of aromatic nitrogens is 6. The van der Waals surface area contributed by atoms with Gasteiger partial charge in [-0.1, -0.05) is 11.3 Å². The van der Waals surface area contributed by atoms with Gasteiger partial charge in [0.25, 0.3) is 5.88 Å². The Morgan fingerprint density at radius 1 is 1.14 bits per heavy atom. The Kier molecular flexibility index (Phi) is 6.68. The molecular weight excluding hydrogens is 501 g/mol. The molecule has 13 heteroatoms. The van der Waals surface area contributed by atoms with Gasteiger partial charge in [0.05, 0.1) is 42.4 Å². The Morgan fingerprint density at radius 2 is 2.00 bits per heavy atom. The van der Waals surface area contributed by atoms with Crippen LogP contribution < -0.4 is 14.8 Å². The molecule has 0 saturated carbocycles. The second-order valence-electron chi connectivity index (χ2n) is 7.99. The zero-order valence-corrected chi connectivity index (χ0v) is 20.7. The molecule has 1 atom stereocenters. The number of hydrogen-bond acceptors (Lipinski definition) is 11. The van der Waals surface area contributed by atoms with Gasteiger partial charge >= 0.3 is 6.09 Å². The molecule has 4 heterocycles. The van der Waals surface area contributed by atoms with E-state index in [1.54, 1.807) is 13.0 Å². The summed E-state index contributed by atoms with van der Waals surface area (Å²) in [6, 6.07) is 6.68. The lowest BCUT2D eigenvalue weighted by atomic mass is 10.1. The molecule has 0 aliphatic rings. The number of nitrogens with one attached hydrogen (secondary N) is 1. The van der Waals surface area contributed by atoms with Gasteiger partial charge in [-0.25, -0.2) is 24.1 Å². The zero-order chi connectivity index (χ0) is 25.9. The molecule has 0 radical (unpaired) electrons. The van der Waals surface area contributed by atoms with Crippen molar-refractivity contribution in [1.29, 1.82) is 0 Å². The Hall–Kier alpha value is -4.52. The maximum absolute atomic E-state index is 14.7. The number of pyridine rings is 1. The molecule has 0 aliphatic carbocycles. The number of amides is 1. The van der Waals surface area contributed by atoms with Gasteiger partial charge in [-0.05, 0) is 37.6 Å². The largest absolute Gasteiger partial charge is 0.480 e. The summed E-state index contributed by atoms with van der Waals surface area (Å²) in [5, 5.41) is 10.4. The lowest BCUT2D eigenvalue weighted by Gasteiger charge is -2.14. The van der Waals surface area contributed by atoms with Gasteiger partial charge in [0.15, 0.2) is 5.82 Å². The van der Waals surface area contributed by atoms with Crippen molar-refractivity contribution in [2.45, 2.75) is 20.0 Å². The van der Waals surface area contributed by atoms with Crippen molar-refractivity contribution in [2.24, 2.45) is 0 Å². The standard InChI is InChI=1S/C24H20FN7O4S/c1-12-6-15(20-17(7-12)30-19(34-3)10-26-20)22-31-18-8-16(25)21(32-23(18)37-22)35-11-13(2)36-24(33)29-14-4-5-27-28-9-14/h4-10,13H,11H2,1-3H3,(H,27,29,33)/t13-/m1/s1. The van der Waals surface area contributed by atoms with Crippen LogP contribution in [0, 0.1) is 12.7 Å². The van der Waals surface area contributed by atoms with Gasteiger partial charge in [-0.15, -0.1) is 0 Å². The Balaban J connectivity index is 1.33. The van der Waals surface area contributed by atoms with Crippen molar-refractivity contribution in [2.75, 3.05) is 19.0 Å². The Bertz CT molecular complexity index is 1600. The van der Waals surface area contributed by atoms with Crippen LogP contribution in [-0.4, -0.2) is 56.0 Å². The summed E-state index contributed by atoms with van der Waals surface area (Å²) in [5.74, 6) is -0.484. The molecule has 0 fully saturated rings. The normalized spacial score (nSPS) is 11.9. The number of aryl methyl sites for hydroxylation is 1. The van der Waals surface area contributed by atoms with Crippen LogP contribution in [0.5, 0.6) is 11.8 Å². The van der Waals surface area contributed by atoms with E-state index in [-0.39, 0.29) is 12.5 Å². The van der Waals surface area contributed by atoms with Crippen LogP contribution in [0.1, 0.15) is 12.5 Å². The number of fused-ring (bicyclic) bond motifs is 2. The maximum Gasteiger partial charge on any atom is 0.412 e. The molecule has 0 bridgehead atoms. The van der Waals surface area contributed by atoms with Crippen LogP contribution in [0.4, 0.5) is 14.9 Å². The topological polar surface area (TPSA) is 134 Å². The van der Waals surface area contributed by atoms with Gasteiger partial charge in [0.1, 0.15) is 28.1 Å². The van der Waals surface area contributed by atoms with E-state index in [4.69, 9.17) is 14.2 Å². The third-order valence-corrected chi connectivity index (χ3v) is 6.11. The zero-order valence-electron chi connectivity index (χ0n) is 19.9. The maximum atomic E-state index is 14.7. The van der Waals surface area contributed by atoms with Crippen molar-refractivity contribution in [3.63, 3.8) is 0 Å². The first-order valence-electron chi connectivity index (χ1n) is 11.1. The summed E-state index contributed by atoms with van der Waals surface area (Å²) in [7, 11) is 1.53. The molecule has 0 unspecified atom stereocenters. The average Bonchev–Trinajstić information content (AvgIpc) is 3.29. The van der Waals surface area contributed by atoms with E-state index >= 15 is 0 Å². The van der Waals surface area contributed by atoms with E-state index in [0.29, 0.717) is 38.0 Å². The molecule has 5 rings (SSSR count). The van der Waals surface area contributed by atoms with Gasteiger partial charge < -0.3 is 14.2 Å². The van der Waals surface area contributed by atoms with E-state index in [9.17, 15) is 9.18 Å². The summed E-state index contributed by atoms with van der Waals surface area (Å²) in [4.78, 5) is 30.3. The number of thiazole rings is 1. The summed E-state index contributed by atoms with van der Waals surface area (Å²) in [6.45, 7) is 3.45. The molecule has 0 saturated heterocycles. The number of ether oxygens (including phenoxy) is 3. The highest BCUT2D eigenvalue weighted by Crippen LogP contribution is 2.35. The molecule has 1 amide bonds. The van der Waals surface area contributed by atoms with Crippen molar-refractivity contribution in [3.8, 4) is 22.3 Å². The summed E-state index contributed by atoms with van der Waals surface area (Å²) < 4.78 is 30.7. The van der Waals surface area contributed by atoms with Crippen molar-refractivity contribution in [3.05, 3.63) is 54.2 Å². The third kappa shape index (κ3) is 5.35. The third-order valence-electron chi connectivity index (χ3n) is 5.11. The smallest absolute Gasteiger partial charge is 0.412 e. The van der Waals surface area contributed by atoms with Gasteiger partial charge in [0.2, 0.25) is 5.88 Å². The number of nitrogens with zero attached hydrogens (tertiary/aromatic N) is 6. The second kappa shape index (κ2) is 10.2. The Morgan fingerprint density at radius 3 is 2.78 bits per heavy atom.